The second kappa shape index (κ2) is 10.4. The molecule has 0 spiro atoms. The Kier molecular flexibility index (Phi) is 11.5. The average Bonchev–Trinajstić information content (AvgIpc) is 2.15. The first-order valence-corrected chi connectivity index (χ1v) is 5.71. The van der Waals surface area contributed by atoms with Gasteiger partial charge in [-0.15, -0.1) is 0 Å². The Bertz CT molecular complexity index is 302. The van der Waals surface area contributed by atoms with Crippen LogP contribution in [0.1, 0.15) is 34.1 Å². The van der Waals surface area contributed by atoms with Gasteiger partial charge in [0.25, 0.3) is 0 Å². The van der Waals surface area contributed by atoms with Gasteiger partial charge < -0.3 is 15.2 Å². The van der Waals surface area contributed by atoms with Crippen LogP contribution in [-0.4, -0.2) is 59.3 Å². The Labute approximate surface area is 130 Å². The van der Waals surface area contributed by atoms with E-state index in [4.69, 9.17) is 9.84 Å². The molecule has 100 valence electrons. The number of carbonyl (C=O) groups is 2. The topological polar surface area (TPSA) is 75.6 Å². The summed E-state index contributed by atoms with van der Waals surface area (Å²) in [4.78, 5) is 22.1. The molecular weight excluding hydrogens is 245 g/mol. The van der Waals surface area contributed by atoms with Gasteiger partial charge in [0.1, 0.15) is 6.04 Å². The summed E-state index contributed by atoms with van der Waals surface area (Å²) >= 11 is 0. The summed E-state index contributed by atoms with van der Waals surface area (Å²) in [7, 11) is 0. The molecule has 0 aromatic rings. The minimum atomic E-state index is -0.921. The quantitative estimate of drug-likeness (QED) is 0.407. The van der Waals surface area contributed by atoms with Gasteiger partial charge in [-0.05, 0) is 26.2 Å². The molecule has 5 nitrogen and oxygen atoms in total. The van der Waals surface area contributed by atoms with Crippen molar-refractivity contribution < 1.29 is 19.4 Å². The van der Waals surface area contributed by atoms with E-state index >= 15 is 0 Å². The molecule has 0 aromatic carbocycles. The van der Waals surface area contributed by atoms with E-state index < -0.39 is 18.0 Å². The number of hydrogen-bond donors (Lipinski definition) is 2. The molecule has 18 heavy (non-hydrogen) atoms. The van der Waals surface area contributed by atoms with Crippen LogP contribution in [0.2, 0.25) is 0 Å². The Balaban J connectivity index is 0. The standard InChI is InChI=1S/C12H21NO4.Na.H/c1-5-17-11(14)7-9(4)13-10(12(15)16)6-8(2)3;;/h7-8,10,13H,5-6H2,1-4H3,(H,15,16);;/t10-;;/m0../s1. The van der Waals surface area contributed by atoms with Gasteiger partial charge in [-0.2, -0.15) is 0 Å². The predicted octanol–water partition coefficient (Wildman–Crippen LogP) is 0.894. The number of allylic oxidation sites excluding steroid dienone is 1. The Hall–Kier alpha value is -0.520. The molecule has 0 fully saturated rings. The SMILES string of the molecule is CCOC(=O)C=C(C)N[C@@H](CC(C)C)C(=O)O.[NaH]. The van der Waals surface area contributed by atoms with Crippen LogP contribution < -0.4 is 5.32 Å². The molecule has 6 heteroatoms. The fourth-order valence-electron chi connectivity index (χ4n) is 1.37. The third-order valence-corrected chi connectivity index (χ3v) is 2.03. The summed E-state index contributed by atoms with van der Waals surface area (Å²) in [5, 5.41) is 11.8. The van der Waals surface area contributed by atoms with E-state index in [1.54, 1.807) is 13.8 Å². The zero-order chi connectivity index (χ0) is 13.4. The van der Waals surface area contributed by atoms with Crippen LogP contribution in [0.25, 0.3) is 0 Å². The summed E-state index contributed by atoms with van der Waals surface area (Å²) in [6, 6.07) is -0.680. The molecule has 0 aliphatic heterocycles. The number of carboxylic acid groups (broad SMARTS) is 1. The van der Waals surface area contributed by atoms with Crippen molar-refractivity contribution >= 4 is 41.5 Å². The van der Waals surface area contributed by atoms with E-state index in [1.165, 1.54) is 6.08 Å². The van der Waals surface area contributed by atoms with Crippen molar-refractivity contribution in [1.82, 2.24) is 5.32 Å². The number of esters is 1. The molecule has 2 N–H and O–H groups in total. The molecular formula is C12H22NNaO4. The van der Waals surface area contributed by atoms with E-state index in [1.807, 2.05) is 13.8 Å². The summed E-state index contributed by atoms with van der Waals surface area (Å²) in [5.41, 5.74) is 0.497. The Morgan fingerprint density at radius 2 is 1.94 bits per heavy atom. The summed E-state index contributed by atoms with van der Waals surface area (Å²) in [5.74, 6) is -1.12. The van der Waals surface area contributed by atoms with Crippen LogP contribution in [0.4, 0.5) is 0 Å². The Morgan fingerprint density at radius 3 is 2.33 bits per heavy atom. The number of rotatable bonds is 7. The van der Waals surface area contributed by atoms with Crippen molar-refractivity contribution in [3.05, 3.63) is 11.8 Å². The van der Waals surface area contributed by atoms with Crippen molar-refractivity contribution in [2.75, 3.05) is 6.61 Å². The summed E-state index contributed by atoms with van der Waals surface area (Å²) in [6.45, 7) is 7.56. The zero-order valence-electron chi connectivity index (χ0n) is 10.8. The van der Waals surface area contributed by atoms with E-state index in [9.17, 15) is 9.59 Å². The van der Waals surface area contributed by atoms with Gasteiger partial charge >= 0.3 is 41.5 Å². The monoisotopic (exact) mass is 267 g/mol. The first-order valence-electron chi connectivity index (χ1n) is 5.71. The van der Waals surface area contributed by atoms with E-state index in [2.05, 4.69) is 5.32 Å². The summed E-state index contributed by atoms with van der Waals surface area (Å²) < 4.78 is 4.73. The molecule has 0 saturated carbocycles. The maximum absolute atomic E-state index is 11.1. The molecule has 0 saturated heterocycles. The van der Waals surface area contributed by atoms with Crippen molar-refractivity contribution in [1.29, 1.82) is 0 Å². The van der Waals surface area contributed by atoms with Crippen molar-refractivity contribution in [2.24, 2.45) is 5.92 Å². The molecule has 0 aliphatic rings. The average molecular weight is 267 g/mol. The van der Waals surface area contributed by atoms with Crippen LogP contribution in [0, 0.1) is 5.92 Å². The van der Waals surface area contributed by atoms with E-state index in [0.29, 0.717) is 18.7 Å². The zero-order valence-corrected chi connectivity index (χ0v) is 10.8. The molecule has 0 rings (SSSR count). The molecule has 0 unspecified atom stereocenters. The van der Waals surface area contributed by atoms with Crippen LogP contribution >= 0.6 is 0 Å². The van der Waals surface area contributed by atoms with Gasteiger partial charge in [-0.3, -0.25) is 0 Å². The number of carboxylic acids is 1. The fourth-order valence-corrected chi connectivity index (χ4v) is 1.37. The van der Waals surface area contributed by atoms with Gasteiger partial charge in [0.15, 0.2) is 0 Å². The van der Waals surface area contributed by atoms with Crippen molar-refractivity contribution in [3.63, 3.8) is 0 Å². The molecule has 0 amide bonds. The number of aliphatic carboxylic acids is 1. The molecule has 0 heterocycles. The van der Waals surface area contributed by atoms with Crippen molar-refractivity contribution in [3.8, 4) is 0 Å². The van der Waals surface area contributed by atoms with Crippen LogP contribution in [0.3, 0.4) is 0 Å². The van der Waals surface area contributed by atoms with Gasteiger partial charge in [0.05, 0.1) is 6.61 Å². The molecule has 1 atom stereocenters. The normalized spacial score (nSPS) is 12.6. The van der Waals surface area contributed by atoms with Crippen LogP contribution in [0.5, 0.6) is 0 Å². The third-order valence-electron chi connectivity index (χ3n) is 2.03. The minimum absolute atomic E-state index is 0. The van der Waals surface area contributed by atoms with Gasteiger partial charge in [0, 0.05) is 11.8 Å². The van der Waals surface area contributed by atoms with Gasteiger partial charge in [-0.1, -0.05) is 13.8 Å². The van der Waals surface area contributed by atoms with Gasteiger partial charge in [0.2, 0.25) is 0 Å². The first kappa shape index (κ1) is 19.8. The second-order valence-electron chi connectivity index (χ2n) is 4.24. The summed E-state index contributed by atoms with van der Waals surface area (Å²) in [6.07, 6.45) is 1.77. The number of nitrogens with one attached hydrogen (secondary N) is 1. The van der Waals surface area contributed by atoms with E-state index in [-0.39, 0.29) is 35.5 Å². The number of hydrogen-bond acceptors (Lipinski definition) is 4. The van der Waals surface area contributed by atoms with Crippen LogP contribution in [-0.2, 0) is 14.3 Å². The van der Waals surface area contributed by atoms with Crippen molar-refractivity contribution in [2.45, 2.75) is 40.2 Å². The molecule has 0 aromatic heterocycles. The van der Waals surface area contributed by atoms with E-state index in [0.717, 1.165) is 0 Å². The van der Waals surface area contributed by atoms with Crippen LogP contribution in [0.15, 0.2) is 11.8 Å². The Morgan fingerprint density at radius 1 is 1.39 bits per heavy atom. The predicted molar refractivity (Wildman–Crippen MR) is 71.6 cm³/mol. The van der Waals surface area contributed by atoms with Gasteiger partial charge in [-0.25, -0.2) is 9.59 Å². The first-order chi connectivity index (χ1) is 7.86. The number of carbonyl (C=O) groups excluding carboxylic acids is 1. The second-order valence-corrected chi connectivity index (χ2v) is 4.24. The molecule has 0 radical (unpaired) electrons. The number of ether oxygens (including phenoxy) is 1. The molecule has 0 aliphatic carbocycles. The maximum atomic E-state index is 11.1. The third kappa shape index (κ3) is 9.50. The molecule has 0 bridgehead atoms. The fraction of sp³-hybridized carbons (Fsp3) is 0.667.